The Morgan fingerprint density at radius 2 is 2.14 bits per heavy atom. The van der Waals surface area contributed by atoms with Gasteiger partial charge in [0.05, 0.1) is 11.4 Å². The second kappa shape index (κ2) is 5.42. The largest absolute Gasteiger partial charge is 0.480 e. The molecular weight excluding hydrogens is 294 g/mol. The molecule has 8 heteroatoms. The minimum atomic E-state index is -3.93. The number of nitrogens with zero attached hydrogens (tertiary/aromatic N) is 1. The van der Waals surface area contributed by atoms with Crippen molar-refractivity contribution in [3.63, 3.8) is 0 Å². The van der Waals surface area contributed by atoms with Crippen LogP contribution in [0, 0.1) is 19.8 Å². The molecule has 0 amide bonds. The molecule has 0 spiro atoms. The molecule has 0 saturated heterocycles. The number of sulfonamides is 1. The van der Waals surface area contributed by atoms with Crippen LogP contribution in [0.4, 0.5) is 0 Å². The summed E-state index contributed by atoms with van der Waals surface area (Å²) in [7, 11) is -3.93. The first kappa shape index (κ1) is 16.0. The molecule has 1 fully saturated rings. The SMILES string of the molecule is Cc1n[nH]c(C)c1S(=O)(=O)NC1(C(=O)O)CCCC(C)C1. The summed E-state index contributed by atoms with van der Waals surface area (Å²) in [5.74, 6) is -0.944. The van der Waals surface area contributed by atoms with Crippen molar-refractivity contribution >= 4 is 16.0 Å². The summed E-state index contributed by atoms with van der Waals surface area (Å²) in [6.07, 6.45) is 2.22. The Morgan fingerprint density at radius 1 is 1.48 bits per heavy atom. The Bertz CT molecular complexity index is 633. The van der Waals surface area contributed by atoms with Crippen LogP contribution in [0.2, 0.25) is 0 Å². The Hall–Kier alpha value is -1.41. The maximum absolute atomic E-state index is 12.6. The summed E-state index contributed by atoms with van der Waals surface area (Å²) < 4.78 is 27.6. The van der Waals surface area contributed by atoms with Crippen molar-refractivity contribution in [2.75, 3.05) is 0 Å². The number of hydrogen-bond donors (Lipinski definition) is 3. The number of rotatable bonds is 4. The monoisotopic (exact) mass is 315 g/mol. The zero-order valence-corrected chi connectivity index (χ0v) is 13.2. The lowest BCUT2D eigenvalue weighted by atomic mass is 9.77. The van der Waals surface area contributed by atoms with E-state index < -0.39 is 21.5 Å². The number of aromatic nitrogens is 2. The van der Waals surface area contributed by atoms with Gasteiger partial charge in [0, 0.05) is 0 Å². The van der Waals surface area contributed by atoms with Crippen molar-refractivity contribution in [3.05, 3.63) is 11.4 Å². The van der Waals surface area contributed by atoms with Gasteiger partial charge >= 0.3 is 5.97 Å². The van der Waals surface area contributed by atoms with Crippen LogP contribution in [0.3, 0.4) is 0 Å². The van der Waals surface area contributed by atoms with Gasteiger partial charge in [-0.05, 0) is 32.6 Å². The van der Waals surface area contributed by atoms with Gasteiger partial charge in [-0.3, -0.25) is 9.89 Å². The van der Waals surface area contributed by atoms with Crippen molar-refractivity contribution in [1.29, 1.82) is 0 Å². The van der Waals surface area contributed by atoms with Crippen molar-refractivity contribution < 1.29 is 18.3 Å². The number of aromatic amines is 1. The number of nitrogens with one attached hydrogen (secondary N) is 2. The molecule has 2 unspecified atom stereocenters. The average molecular weight is 315 g/mol. The van der Waals surface area contributed by atoms with E-state index in [0.717, 1.165) is 6.42 Å². The second-order valence-electron chi connectivity index (χ2n) is 5.96. The molecule has 118 valence electrons. The molecule has 2 atom stereocenters. The van der Waals surface area contributed by atoms with Gasteiger partial charge in [-0.1, -0.05) is 19.8 Å². The summed E-state index contributed by atoms with van der Waals surface area (Å²) in [5.41, 5.74) is -0.680. The summed E-state index contributed by atoms with van der Waals surface area (Å²) in [6.45, 7) is 5.12. The number of carboxylic acids is 1. The van der Waals surface area contributed by atoms with E-state index in [-0.39, 0.29) is 10.8 Å². The van der Waals surface area contributed by atoms with Crippen LogP contribution in [0.25, 0.3) is 0 Å². The summed E-state index contributed by atoms with van der Waals surface area (Å²) in [6, 6.07) is 0. The predicted octanol–water partition coefficient (Wildman–Crippen LogP) is 1.34. The third-order valence-electron chi connectivity index (χ3n) is 4.07. The van der Waals surface area contributed by atoms with Crippen LogP contribution in [0.15, 0.2) is 4.90 Å². The first-order valence-corrected chi connectivity index (χ1v) is 8.45. The highest BCUT2D eigenvalue weighted by Crippen LogP contribution is 2.34. The van der Waals surface area contributed by atoms with Crippen molar-refractivity contribution in [2.45, 2.75) is 56.9 Å². The van der Waals surface area contributed by atoms with Crippen LogP contribution in [-0.4, -0.2) is 35.2 Å². The molecule has 1 aliphatic carbocycles. The Balaban J connectivity index is 2.39. The fourth-order valence-corrected chi connectivity index (χ4v) is 4.90. The third-order valence-corrected chi connectivity index (χ3v) is 5.86. The van der Waals surface area contributed by atoms with E-state index in [4.69, 9.17) is 0 Å². The lowest BCUT2D eigenvalue weighted by Crippen LogP contribution is -2.56. The van der Waals surface area contributed by atoms with Crippen LogP contribution >= 0.6 is 0 Å². The zero-order valence-electron chi connectivity index (χ0n) is 12.4. The number of H-pyrrole nitrogens is 1. The molecule has 21 heavy (non-hydrogen) atoms. The molecule has 1 heterocycles. The predicted molar refractivity (Wildman–Crippen MR) is 76.4 cm³/mol. The first-order chi connectivity index (χ1) is 9.68. The second-order valence-corrected chi connectivity index (χ2v) is 7.58. The minimum absolute atomic E-state index is 0.0429. The molecule has 0 radical (unpaired) electrons. The van der Waals surface area contributed by atoms with E-state index in [1.807, 2.05) is 6.92 Å². The number of carbonyl (C=O) groups is 1. The molecule has 1 aromatic rings. The topological polar surface area (TPSA) is 112 Å². The lowest BCUT2D eigenvalue weighted by molar-refractivity contribution is -0.146. The Kier molecular flexibility index (Phi) is 4.12. The molecule has 0 aromatic carbocycles. The van der Waals surface area contributed by atoms with E-state index in [0.29, 0.717) is 30.7 Å². The van der Waals surface area contributed by atoms with Gasteiger partial charge in [0.2, 0.25) is 10.0 Å². The van der Waals surface area contributed by atoms with Crippen LogP contribution in [0.5, 0.6) is 0 Å². The van der Waals surface area contributed by atoms with E-state index >= 15 is 0 Å². The number of aliphatic carboxylic acids is 1. The maximum atomic E-state index is 12.6. The van der Waals surface area contributed by atoms with E-state index in [1.54, 1.807) is 13.8 Å². The van der Waals surface area contributed by atoms with Gasteiger partial charge in [-0.25, -0.2) is 8.42 Å². The average Bonchev–Trinajstić information content (AvgIpc) is 2.68. The normalized spacial score (nSPS) is 26.7. The van der Waals surface area contributed by atoms with Crippen LogP contribution in [0.1, 0.15) is 44.0 Å². The molecule has 1 saturated carbocycles. The fourth-order valence-electron chi connectivity index (χ4n) is 3.13. The highest BCUT2D eigenvalue weighted by atomic mass is 32.2. The van der Waals surface area contributed by atoms with Gasteiger partial charge in [-0.2, -0.15) is 9.82 Å². The summed E-state index contributed by atoms with van der Waals surface area (Å²) in [4.78, 5) is 11.7. The molecule has 0 aliphatic heterocycles. The molecular formula is C13H21N3O4S. The summed E-state index contributed by atoms with van der Waals surface area (Å²) >= 11 is 0. The van der Waals surface area contributed by atoms with Gasteiger partial charge in [0.15, 0.2) is 0 Å². The highest BCUT2D eigenvalue weighted by Gasteiger charge is 2.45. The first-order valence-electron chi connectivity index (χ1n) is 6.97. The molecule has 1 aromatic heterocycles. The van der Waals surface area contributed by atoms with E-state index in [9.17, 15) is 18.3 Å². The summed E-state index contributed by atoms with van der Waals surface area (Å²) in [5, 5.41) is 16.0. The molecule has 0 bridgehead atoms. The van der Waals surface area contributed by atoms with Gasteiger partial charge < -0.3 is 5.11 Å². The molecule has 3 N–H and O–H groups in total. The van der Waals surface area contributed by atoms with Gasteiger partial charge in [0.25, 0.3) is 0 Å². The quantitative estimate of drug-likeness (QED) is 0.776. The van der Waals surface area contributed by atoms with Crippen molar-refractivity contribution in [1.82, 2.24) is 14.9 Å². The third kappa shape index (κ3) is 2.96. The van der Waals surface area contributed by atoms with E-state index in [2.05, 4.69) is 14.9 Å². The minimum Gasteiger partial charge on any atom is -0.480 e. The molecule has 1 aliphatic rings. The van der Waals surface area contributed by atoms with Gasteiger partial charge in [0.1, 0.15) is 10.4 Å². The van der Waals surface area contributed by atoms with Crippen molar-refractivity contribution in [2.24, 2.45) is 5.92 Å². The number of aryl methyl sites for hydroxylation is 2. The van der Waals surface area contributed by atoms with Crippen LogP contribution < -0.4 is 4.72 Å². The molecule has 7 nitrogen and oxygen atoms in total. The van der Waals surface area contributed by atoms with Gasteiger partial charge in [-0.15, -0.1) is 0 Å². The number of hydrogen-bond acceptors (Lipinski definition) is 4. The standard InChI is InChI=1S/C13H21N3O4S/c1-8-5-4-6-13(7-8,12(17)18)16-21(19,20)11-9(2)14-15-10(11)3/h8,16H,4-7H2,1-3H3,(H,14,15)(H,17,18). The Morgan fingerprint density at radius 3 is 2.62 bits per heavy atom. The van der Waals surface area contributed by atoms with E-state index in [1.165, 1.54) is 0 Å². The smallest absolute Gasteiger partial charge is 0.324 e. The Labute approximate surface area is 124 Å². The number of carboxylic acid groups (broad SMARTS) is 1. The lowest BCUT2D eigenvalue weighted by Gasteiger charge is -2.36. The van der Waals surface area contributed by atoms with Crippen LogP contribution in [-0.2, 0) is 14.8 Å². The maximum Gasteiger partial charge on any atom is 0.324 e. The highest BCUT2D eigenvalue weighted by molar-refractivity contribution is 7.89. The molecule has 2 rings (SSSR count). The van der Waals surface area contributed by atoms with Crippen molar-refractivity contribution in [3.8, 4) is 0 Å². The zero-order chi connectivity index (χ0) is 15.8. The fraction of sp³-hybridized carbons (Fsp3) is 0.692.